The highest BCUT2D eigenvalue weighted by atomic mass is 15.3. The molecule has 8 aromatic rings. The maximum atomic E-state index is 2.83. The zero-order chi connectivity index (χ0) is 60.9. The van der Waals surface area contributed by atoms with Gasteiger partial charge >= 0.3 is 0 Å². The van der Waals surface area contributed by atoms with Gasteiger partial charge in [0.1, 0.15) is 0 Å². The van der Waals surface area contributed by atoms with Crippen LogP contribution in [0.5, 0.6) is 0 Å². The molecular weight excluding hydrogens is 1030 g/mol. The molecule has 4 nitrogen and oxygen atoms in total. The summed E-state index contributed by atoms with van der Waals surface area (Å²) < 4.78 is 0. The first-order valence-electron chi connectivity index (χ1n) is 31.9. The van der Waals surface area contributed by atoms with Crippen molar-refractivity contribution < 1.29 is 0 Å². The molecule has 0 saturated heterocycles. The van der Waals surface area contributed by atoms with Crippen molar-refractivity contribution in [3.63, 3.8) is 0 Å². The number of nitrogens with zero attached hydrogens (tertiary/aromatic N) is 4. The van der Waals surface area contributed by atoms with E-state index in [0.29, 0.717) is 0 Å². The highest BCUT2D eigenvalue weighted by molar-refractivity contribution is 7.00. The first-order chi connectivity index (χ1) is 39.7. The molecule has 2 atom stereocenters. The van der Waals surface area contributed by atoms with Crippen molar-refractivity contribution in [2.75, 3.05) is 19.6 Å². The number of anilines is 11. The Morgan fingerprint density at radius 2 is 0.800 bits per heavy atom. The first kappa shape index (κ1) is 58.4. The topological polar surface area (TPSA) is 13.0 Å². The lowest BCUT2D eigenvalue weighted by molar-refractivity contribution is 0.195. The second-order valence-electron chi connectivity index (χ2n) is 32.4. The van der Waals surface area contributed by atoms with Crippen molar-refractivity contribution in [3.8, 4) is 0 Å². The molecule has 3 aliphatic heterocycles. The lowest BCUT2D eigenvalue weighted by Gasteiger charge is -2.51. The molecular formula is C80H95BN4. The van der Waals surface area contributed by atoms with Gasteiger partial charge in [-0.05, 0) is 199 Å². The Morgan fingerprint density at radius 1 is 0.353 bits per heavy atom. The molecule has 12 rings (SSSR count). The average molecular weight is 1120 g/mol. The summed E-state index contributed by atoms with van der Waals surface area (Å²) in [6, 6.07) is 65.4. The summed E-state index contributed by atoms with van der Waals surface area (Å²) >= 11 is 0. The van der Waals surface area contributed by atoms with Gasteiger partial charge in [0, 0.05) is 68.0 Å². The van der Waals surface area contributed by atoms with Crippen LogP contribution in [0.25, 0.3) is 0 Å². The van der Waals surface area contributed by atoms with Crippen LogP contribution in [0.15, 0.2) is 164 Å². The van der Waals surface area contributed by atoms with E-state index in [1.165, 1.54) is 131 Å². The largest absolute Gasteiger partial charge is 0.334 e. The molecule has 0 spiro atoms. The fraction of sp³-hybridized carbons (Fsp3) is 0.400. The lowest BCUT2D eigenvalue weighted by atomic mass is 9.33. The Labute approximate surface area is 512 Å². The molecule has 1 aliphatic carbocycles. The number of benzene rings is 8. The van der Waals surface area contributed by atoms with Gasteiger partial charge < -0.3 is 19.6 Å². The van der Waals surface area contributed by atoms with E-state index in [0.717, 1.165) is 12.8 Å². The van der Waals surface area contributed by atoms with Gasteiger partial charge in [-0.2, -0.15) is 0 Å². The zero-order valence-corrected chi connectivity index (χ0v) is 55.3. The highest BCUT2D eigenvalue weighted by Gasteiger charge is 2.58. The van der Waals surface area contributed by atoms with E-state index in [9.17, 15) is 0 Å². The molecule has 0 amide bonds. The van der Waals surface area contributed by atoms with Gasteiger partial charge in [0.25, 0.3) is 6.71 Å². The van der Waals surface area contributed by atoms with Gasteiger partial charge in [0.2, 0.25) is 0 Å². The lowest BCUT2D eigenvalue weighted by Crippen LogP contribution is -2.62. The number of hydrogen-bond acceptors (Lipinski definition) is 4. The van der Waals surface area contributed by atoms with Crippen LogP contribution in [0.1, 0.15) is 203 Å². The molecule has 4 aliphatic rings. The number of fused-ring (bicyclic) bond motifs is 7. The van der Waals surface area contributed by atoms with E-state index in [-0.39, 0.29) is 50.2 Å². The summed E-state index contributed by atoms with van der Waals surface area (Å²) in [5, 5.41) is 0. The number of hydrogen-bond donors (Lipinski definition) is 0. The molecule has 0 N–H and O–H groups in total. The van der Waals surface area contributed by atoms with Gasteiger partial charge in [-0.15, -0.1) is 0 Å². The smallest absolute Gasteiger partial charge is 0.252 e. The average Bonchev–Trinajstić information content (AvgIpc) is 1.73. The monoisotopic (exact) mass is 1120 g/mol. The zero-order valence-electron chi connectivity index (χ0n) is 55.3. The summed E-state index contributed by atoms with van der Waals surface area (Å²) in [5.41, 5.74) is 26.5. The summed E-state index contributed by atoms with van der Waals surface area (Å²) in [4.78, 5) is 10.7. The van der Waals surface area contributed by atoms with Gasteiger partial charge in [0.15, 0.2) is 0 Å². The molecule has 0 aromatic heterocycles. The van der Waals surface area contributed by atoms with E-state index < -0.39 is 0 Å². The first-order valence-corrected chi connectivity index (χ1v) is 31.9. The quantitative estimate of drug-likeness (QED) is 0.154. The van der Waals surface area contributed by atoms with Crippen LogP contribution >= 0.6 is 0 Å². The Kier molecular flexibility index (Phi) is 13.6. The summed E-state index contributed by atoms with van der Waals surface area (Å²) in [6.07, 6.45) is 4.57. The third-order valence-electron chi connectivity index (χ3n) is 20.3. The standard InChI is InChI=1S/C80H95BN4/c1-73(2,3)52-26-34-58(35-27-52)82(59-36-28-53(29-37-59)74(4,5)6)62-40-43-67-64(49-62)79(19)44-21-22-45-80(79,20)85(67)63-50-70-72-71(51-63)84(61-25-23-24-55(46-61)76(10,11)12)69-48-57(78(16,17)18)32-41-65(69)81(72)66-47-56(77(13,14)15)33-42-68(66)83(70)60-38-30-54(31-39-60)75(7,8)9/h23-43,46-51H,21-22,44-45H2,1-20H3. The van der Waals surface area contributed by atoms with Crippen molar-refractivity contribution in [1.82, 2.24) is 0 Å². The van der Waals surface area contributed by atoms with E-state index in [2.05, 4.69) is 322 Å². The molecule has 0 bridgehead atoms. The number of rotatable bonds is 6. The highest BCUT2D eigenvalue weighted by Crippen LogP contribution is 2.63. The molecule has 0 radical (unpaired) electrons. The van der Waals surface area contributed by atoms with Crippen LogP contribution in [-0.4, -0.2) is 12.3 Å². The molecule has 1 fully saturated rings. The van der Waals surface area contributed by atoms with E-state index in [1.807, 2.05) is 0 Å². The fourth-order valence-corrected chi connectivity index (χ4v) is 14.8. The van der Waals surface area contributed by atoms with Crippen LogP contribution in [0.3, 0.4) is 0 Å². The van der Waals surface area contributed by atoms with Crippen molar-refractivity contribution in [2.24, 2.45) is 0 Å². The minimum absolute atomic E-state index is 0.0116. The molecule has 5 heteroatoms. The van der Waals surface area contributed by atoms with Gasteiger partial charge in [-0.1, -0.05) is 217 Å². The van der Waals surface area contributed by atoms with Crippen LogP contribution in [-0.2, 0) is 37.9 Å². The summed E-state index contributed by atoms with van der Waals surface area (Å²) in [6.45, 7) is 47.2. The van der Waals surface area contributed by atoms with E-state index in [1.54, 1.807) is 0 Å². The minimum atomic E-state index is -0.240. The third-order valence-corrected chi connectivity index (χ3v) is 20.3. The Bertz CT molecular complexity index is 3820. The Morgan fingerprint density at radius 3 is 1.34 bits per heavy atom. The van der Waals surface area contributed by atoms with Crippen LogP contribution in [0.4, 0.5) is 62.6 Å². The van der Waals surface area contributed by atoms with Crippen molar-refractivity contribution >= 4 is 85.7 Å². The van der Waals surface area contributed by atoms with Gasteiger partial charge in [-0.25, -0.2) is 0 Å². The minimum Gasteiger partial charge on any atom is -0.334 e. The molecule has 85 heavy (non-hydrogen) atoms. The van der Waals surface area contributed by atoms with Crippen molar-refractivity contribution in [2.45, 2.75) is 208 Å². The normalized spacial score (nSPS) is 18.6. The van der Waals surface area contributed by atoms with E-state index >= 15 is 0 Å². The van der Waals surface area contributed by atoms with Crippen LogP contribution in [0.2, 0.25) is 0 Å². The Balaban J connectivity index is 1.15. The summed E-state index contributed by atoms with van der Waals surface area (Å²) in [7, 11) is 0. The molecule has 8 aromatic carbocycles. The van der Waals surface area contributed by atoms with Gasteiger partial charge in [-0.3, -0.25) is 0 Å². The fourth-order valence-electron chi connectivity index (χ4n) is 14.8. The second kappa shape index (κ2) is 19.8. The SMILES string of the molecule is CC(C)(C)c1ccc(N(c2ccc(C(C)(C)C)cc2)c2ccc3c(c2)C2(C)CCCCC2(C)N3c2cc3c4c(c2)N(c2cccc(C(C)(C)C)c2)c2cc(C(C)(C)C)ccc2B4c2cc(C(C)(C)C)ccc2N3c2ccc(C(C)(C)C)cc2)cc1. The molecule has 1 saturated carbocycles. The predicted octanol–water partition coefficient (Wildman–Crippen LogP) is 20.8. The summed E-state index contributed by atoms with van der Waals surface area (Å²) in [5.74, 6) is 0. The molecule has 438 valence electrons. The van der Waals surface area contributed by atoms with Gasteiger partial charge in [0.05, 0.1) is 5.54 Å². The third kappa shape index (κ3) is 9.83. The molecule has 2 unspecified atom stereocenters. The van der Waals surface area contributed by atoms with Crippen molar-refractivity contribution in [3.05, 3.63) is 203 Å². The Hall–Kier alpha value is -6.98. The predicted molar refractivity (Wildman–Crippen MR) is 370 cm³/mol. The van der Waals surface area contributed by atoms with Crippen LogP contribution < -0.4 is 36.0 Å². The van der Waals surface area contributed by atoms with Crippen LogP contribution in [0, 0.1) is 0 Å². The second-order valence-corrected chi connectivity index (χ2v) is 32.4. The molecule has 3 heterocycles. The van der Waals surface area contributed by atoms with Crippen molar-refractivity contribution in [1.29, 1.82) is 0 Å². The maximum absolute atomic E-state index is 2.83. The van der Waals surface area contributed by atoms with E-state index in [4.69, 9.17) is 0 Å². The maximum Gasteiger partial charge on any atom is 0.252 e.